The molecule has 7 heteroatoms. The van der Waals surface area contributed by atoms with E-state index in [0.717, 1.165) is 44.9 Å². The van der Waals surface area contributed by atoms with E-state index in [4.69, 9.17) is 21.1 Å². The van der Waals surface area contributed by atoms with Crippen molar-refractivity contribution in [2.24, 2.45) is 5.92 Å². The van der Waals surface area contributed by atoms with E-state index < -0.39 is 6.04 Å². The van der Waals surface area contributed by atoms with Crippen molar-refractivity contribution in [2.75, 3.05) is 26.1 Å². The number of nitrogens with zero attached hydrogens (tertiary/aromatic N) is 1. The normalized spacial score (nSPS) is 19.2. The van der Waals surface area contributed by atoms with Gasteiger partial charge in [-0.2, -0.15) is 0 Å². The van der Waals surface area contributed by atoms with Crippen molar-refractivity contribution in [3.05, 3.63) is 23.8 Å². The van der Waals surface area contributed by atoms with Crippen LogP contribution in [-0.2, 0) is 9.59 Å². The number of hydrogen-bond acceptors (Lipinski definition) is 4. The first-order chi connectivity index (χ1) is 15.4. The highest BCUT2D eigenvalue weighted by atomic mass is 35.5. The third kappa shape index (κ3) is 7.29. The zero-order valence-corrected chi connectivity index (χ0v) is 20.7. The number of benzene rings is 1. The Hall–Kier alpha value is -1.95. The average Bonchev–Trinajstić information content (AvgIpc) is 2.81. The number of hydrogen-bond donors (Lipinski definition) is 1. The molecule has 0 radical (unpaired) electrons. The molecule has 1 N–H and O–H groups in total. The van der Waals surface area contributed by atoms with Gasteiger partial charge in [-0.3, -0.25) is 9.59 Å². The minimum Gasteiger partial charge on any atom is -0.493 e. The summed E-state index contributed by atoms with van der Waals surface area (Å²) in [6.45, 7) is 7.40. The Labute approximate surface area is 198 Å². The molecular weight excluding hydrogens is 428 g/mol. The van der Waals surface area contributed by atoms with Gasteiger partial charge in [0.1, 0.15) is 11.9 Å². The molecule has 0 spiro atoms. The van der Waals surface area contributed by atoms with E-state index in [9.17, 15) is 9.59 Å². The maximum absolute atomic E-state index is 13.6. The molecular formula is C25H39ClN2O4. The second kappa shape index (κ2) is 13.6. The average molecular weight is 467 g/mol. The molecule has 1 aromatic rings. The largest absolute Gasteiger partial charge is 0.493 e. The van der Waals surface area contributed by atoms with E-state index in [0.29, 0.717) is 36.1 Å². The first-order valence-electron chi connectivity index (χ1n) is 11.9. The fraction of sp³-hybridized carbons (Fsp3) is 0.680. The van der Waals surface area contributed by atoms with Crippen LogP contribution < -0.4 is 14.8 Å². The summed E-state index contributed by atoms with van der Waals surface area (Å²) >= 11 is 5.94. The molecule has 1 aromatic carbocycles. The van der Waals surface area contributed by atoms with Crippen LogP contribution in [0, 0.1) is 5.92 Å². The van der Waals surface area contributed by atoms with Crippen LogP contribution in [0.3, 0.4) is 0 Å². The highest BCUT2D eigenvalue weighted by Crippen LogP contribution is 2.33. The number of alkyl halides is 1. The maximum Gasteiger partial charge on any atom is 0.247 e. The van der Waals surface area contributed by atoms with E-state index in [2.05, 4.69) is 19.2 Å². The quantitative estimate of drug-likeness (QED) is 0.436. The van der Waals surface area contributed by atoms with Crippen LogP contribution in [0.4, 0.5) is 0 Å². The Morgan fingerprint density at radius 3 is 2.47 bits per heavy atom. The van der Waals surface area contributed by atoms with Crippen molar-refractivity contribution < 1.29 is 19.1 Å². The topological polar surface area (TPSA) is 67.9 Å². The predicted molar refractivity (Wildman–Crippen MR) is 128 cm³/mol. The number of amides is 2. The van der Waals surface area contributed by atoms with Crippen LogP contribution in [0.25, 0.3) is 0 Å². The molecule has 32 heavy (non-hydrogen) atoms. The van der Waals surface area contributed by atoms with Gasteiger partial charge in [0.15, 0.2) is 11.5 Å². The second-order valence-electron chi connectivity index (χ2n) is 8.70. The van der Waals surface area contributed by atoms with Crippen LogP contribution in [0.2, 0.25) is 0 Å². The van der Waals surface area contributed by atoms with E-state index in [1.807, 2.05) is 19.1 Å². The summed E-state index contributed by atoms with van der Waals surface area (Å²) < 4.78 is 11.3. The number of unbranched alkanes of at least 4 members (excludes halogenated alkanes) is 1. The number of rotatable bonds is 12. The van der Waals surface area contributed by atoms with Crippen molar-refractivity contribution in [3.63, 3.8) is 0 Å². The van der Waals surface area contributed by atoms with Gasteiger partial charge in [0.05, 0.1) is 13.7 Å². The molecule has 6 nitrogen and oxygen atoms in total. The standard InChI is InChI=1S/C25H39ClN2O4/c1-5-7-14-28(23(29)17-26)24(25(30)27-20-11-8-18(3)9-12-20)19-10-13-21(32-15-6-2)22(16-19)31-4/h10,13,16,18,20,24H,5-9,11-12,14-15,17H2,1-4H3,(H,27,30). The van der Waals surface area contributed by atoms with Crippen molar-refractivity contribution >= 4 is 23.4 Å². The van der Waals surface area contributed by atoms with Crippen LogP contribution in [0.5, 0.6) is 11.5 Å². The van der Waals surface area contributed by atoms with Gasteiger partial charge < -0.3 is 19.7 Å². The second-order valence-corrected chi connectivity index (χ2v) is 8.97. The molecule has 1 fully saturated rings. The third-order valence-electron chi connectivity index (χ3n) is 6.07. The Balaban J connectivity index is 2.37. The molecule has 1 atom stereocenters. The summed E-state index contributed by atoms with van der Waals surface area (Å²) in [5.41, 5.74) is 0.696. The molecule has 2 amide bonds. The summed E-state index contributed by atoms with van der Waals surface area (Å²) in [7, 11) is 1.58. The van der Waals surface area contributed by atoms with Gasteiger partial charge in [-0.05, 0) is 62.1 Å². The van der Waals surface area contributed by atoms with E-state index in [1.165, 1.54) is 0 Å². The van der Waals surface area contributed by atoms with Gasteiger partial charge in [0, 0.05) is 12.6 Å². The lowest BCUT2D eigenvalue weighted by Gasteiger charge is -2.34. The molecule has 180 valence electrons. The number of halogens is 1. The van der Waals surface area contributed by atoms with Gasteiger partial charge in [-0.25, -0.2) is 0 Å². The molecule has 1 aliphatic carbocycles. The van der Waals surface area contributed by atoms with Crippen molar-refractivity contribution in [1.29, 1.82) is 0 Å². The zero-order valence-electron chi connectivity index (χ0n) is 20.0. The summed E-state index contributed by atoms with van der Waals surface area (Å²) in [5.74, 6) is 1.30. The fourth-order valence-electron chi connectivity index (χ4n) is 4.15. The summed E-state index contributed by atoms with van der Waals surface area (Å²) in [6, 6.07) is 4.84. The first kappa shape index (κ1) is 26.3. The number of methoxy groups -OCH3 is 1. The van der Waals surface area contributed by atoms with Crippen LogP contribution in [0.15, 0.2) is 18.2 Å². The van der Waals surface area contributed by atoms with E-state index >= 15 is 0 Å². The Bertz CT molecular complexity index is 735. The van der Waals surface area contributed by atoms with E-state index in [-0.39, 0.29) is 23.7 Å². The highest BCUT2D eigenvalue weighted by Gasteiger charge is 2.33. The van der Waals surface area contributed by atoms with Crippen LogP contribution >= 0.6 is 11.6 Å². The monoisotopic (exact) mass is 466 g/mol. The number of carbonyl (C=O) groups excluding carboxylic acids is 2. The molecule has 0 aromatic heterocycles. The Morgan fingerprint density at radius 2 is 1.88 bits per heavy atom. The lowest BCUT2D eigenvalue weighted by molar-refractivity contribution is -0.139. The van der Waals surface area contributed by atoms with Crippen LogP contribution in [0.1, 0.15) is 77.3 Å². The van der Waals surface area contributed by atoms with Gasteiger partial charge in [-0.15, -0.1) is 11.6 Å². The van der Waals surface area contributed by atoms with Gasteiger partial charge in [-0.1, -0.05) is 33.3 Å². The van der Waals surface area contributed by atoms with Gasteiger partial charge in [0.25, 0.3) is 0 Å². The number of ether oxygens (including phenoxy) is 2. The Morgan fingerprint density at radius 1 is 1.16 bits per heavy atom. The maximum atomic E-state index is 13.6. The molecule has 1 saturated carbocycles. The van der Waals surface area contributed by atoms with Crippen molar-refractivity contribution in [1.82, 2.24) is 10.2 Å². The van der Waals surface area contributed by atoms with Crippen LogP contribution in [-0.4, -0.2) is 48.9 Å². The third-order valence-corrected chi connectivity index (χ3v) is 6.30. The minimum atomic E-state index is -0.763. The van der Waals surface area contributed by atoms with E-state index in [1.54, 1.807) is 18.1 Å². The smallest absolute Gasteiger partial charge is 0.247 e. The summed E-state index contributed by atoms with van der Waals surface area (Å²) in [5, 5.41) is 3.21. The van der Waals surface area contributed by atoms with Crippen molar-refractivity contribution in [3.8, 4) is 11.5 Å². The number of nitrogens with one attached hydrogen (secondary N) is 1. The lowest BCUT2D eigenvalue weighted by Crippen LogP contribution is -2.48. The molecule has 0 aliphatic heterocycles. The van der Waals surface area contributed by atoms with Gasteiger partial charge >= 0.3 is 0 Å². The molecule has 2 rings (SSSR count). The number of carbonyl (C=O) groups is 2. The molecule has 0 bridgehead atoms. The lowest BCUT2D eigenvalue weighted by atomic mass is 9.87. The fourth-order valence-corrected chi connectivity index (χ4v) is 4.30. The highest BCUT2D eigenvalue weighted by molar-refractivity contribution is 6.27. The molecule has 1 aliphatic rings. The van der Waals surface area contributed by atoms with Gasteiger partial charge in [0.2, 0.25) is 11.8 Å². The summed E-state index contributed by atoms with van der Waals surface area (Å²) in [4.78, 5) is 28.0. The predicted octanol–water partition coefficient (Wildman–Crippen LogP) is 5.09. The molecule has 0 saturated heterocycles. The molecule has 1 unspecified atom stereocenters. The zero-order chi connectivity index (χ0) is 23.5. The summed E-state index contributed by atoms with van der Waals surface area (Å²) in [6.07, 6.45) is 6.72. The minimum absolute atomic E-state index is 0.134. The van der Waals surface area contributed by atoms with Crippen molar-refractivity contribution in [2.45, 2.75) is 77.8 Å². The Kier molecular flexibility index (Phi) is 11.1. The first-order valence-corrected chi connectivity index (χ1v) is 12.4. The molecule has 0 heterocycles. The SMILES string of the molecule is CCCCN(C(=O)CCl)C(C(=O)NC1CCC(C)CC1)c1ccc(OCCC)c(OC)c1.